The van der Waals surface area contributed by atoms with Gasteiger partial charge in [0, 0.05) is 13.0 Å². The van der Waals surface area contributed by atoms with Crippen molar-refractivity contribution < 1.29 is 9.53 Å². The Kier molecular flexibility index (Phi) is 6.12. The smallest absolute Gasteiger partial charge is 0.191 e. The molecule has 1 atom stereocenters. The van der Waals surface area contributed by atoms with Gasteiger partial charge in [-0.3, -0.25) is 0 Å². The van der Waals surface area contributed by atoms with E-state index < -0.39 is 13.9 Å². The summed E-state index contributed by atoms with van der Waals surface area (Å²) < 4.78 is 6.07. The molecular formula is C14H30O2Si. The van der Waals surface area contributed by atoms with Crippen LogP contribution in [0.25, 0.3) is 0 Å². The van der Waals surface area contributed by atoms with E-state index in [1.165, 1.54) is 0 Å². The molecule has 102 valence electrons. The number of hydrogen-bond donors (Lipinski definition) is 1. The zero-order valence-corrected chi connectivity index (χ0v) is 13.5. The van der Waals surface area contributed by atoms with Crippen LogP contribution in [-0.4, -0.2) is 25.6 Å². The van der Waals surface area contributed by atoms with E-state index in [1.54, 1.807) is 6.08 Å². The summed E-state index contributed by atoms with van der Waals surface area (Å²) in [4.78, 5) is 0. The van der Waals surface area contributed by atoms with E-state index in [0.29, 0.717) is 13.0 Å². The molecule has 1 N–H and O–H groups in total. The molecule has 0 amide bonds. The molecule has 0 radical (unpaired) electrons. The lowest BCUT2D eigenvalue weighted by Gasteiger charge is -2.37. The van der Waals surface area contributed by atoms with Crippen LogP contribution in [0.1, 0.15) is 47.0 Å². The van der Waals surface area contributed by atoms with Crippen LogP contribution in [0, 0.1) is 0 Å². The number of hydrogen-bond acceptors (Lipinski definition) is 2. The fourth-order valence-corrected chi connectivity index (χ4v) is 2.51. The largest absolute Gasteiger partial charge is 0.417 e. The lowest BCUT2D eigenvalue weighted by Crippen LogP contribution is -2.42. The highest BCUT2D eigenvalue weighted by Crippen LogP contribution is 2.36. The second kappa shape index (κ2) is 6.16. The van der Waals surface area contributed by atoms with Crippen molar-refractivity contribution in [2.75, 3.05) is 6.61 Å². The SMILES string of the molecule is C=CC(O)(CCC)CCO[Si](C)(C)C(C)(C)C. The first kappa shape index (κ1) is 16.9. The topological polar surface area (TPSA) is 29.5 Å². The average Bonchev–Trinajstić information content (AvgIpc) is 2.16. The van der Waals surface area contributed by atoms with Crippen molar-refractivity contribution in [3.05, 3.63) is 12.7 Å². The molecule has 0 fully saturated rings. The lowest BCUT2D eigenvalue weighted by molar-refractivity contribution is 0.0543. The Hall–Kier alpha value is -0.123. The maximum atomic E-state index is 10.2. The van der Waals surface area contributed by atoms with E-state index in [4.69, 9.17) is 4.43 Å². The van der Waals surface area contributed by atoms with E-state index in [-0.39, 0.29) is 5.04 Å². The Morgan fingerprint density at radius 1 is 1.24 bits per heavy atom. The minimum Gasteiger partial charge on any atom is -0.417 e. The third-order valence-corrected chi connectivity index (χ3v) is 8.41. The molecule has 0 bridgehead atoms. The molecule has 0 saturated heterocycles. The van der Waals surface area contributed by atoms with Gasteiger partial charge in [-0.15, -0.1) is 6.58 Å². The number of aliphatic hydroxyl groups is 1. The molecule has 0 saturated carbocycles. The minimum absolute atomic E-state index is 0.226. The molecule has 3 heteroatoms. The molecular weight excluding hydrogens is 228 g/mol. The van der Waals surface area contributed by atoms with Crippen molar-refractivity contribution in [2.24, 2.45) is 0 Å². The molecule has 0 heterocycles. The summed E-state index contributed by atoms with van der Waals surface area (Å²) in [7, 11) is -1.69. The maximum Gasteiger partial charge on any atom is 0.191 e. The molecule has 0 aromatic rings. The van der Waals surface area contributed by atoms with E-state index in [9.17, 15) is 5.11 Å². The van der Waals surface area contributed by atoms with Crippen LogP contribution in [0.15, 0.2) is 12.7 Å². The van der Waals surface area contributed by atoms with Gasteiger partial charge < -0.3 is 9.53 Å². The van der Waals surface area contributed by atoms with Crippen molar-refractivity contribution in [3.63, 3.8) is 0 Å². The normalized spacial score (nSPS) is 16.6. The van der Waals surface area contributed by atoms with E-state index in [0.717, 1.165) is 12.8 Å². The summed E-state index contributed by atoms with van der Waals surface area (Å²) in [6.07, 6.45) is 4.03. The van der Waals surface area contributed by atoms with Gasteiger partial charge in [0.15, 0.2) is 8.32 Å². The summed E-state index contributed by atoms with van der Waals surface area (Å²) in [5, 5.41) is 10.5. The molecule has 0 aromatic carbocycles. The Morgan fingerprint density at radius 2 is 1.76 bits per heavy atom. The lowest BCUT2D eigenvalue weighted by atomic mass is 9.95. The van der Waals surface area contributed by atoms with Crippen LogP contribution < -0.4 is 0 Å². The highest BCUT2D eigenvalue weighted by Gasteiger charge is 2.37. The first-order valence-electron chi connectivity index (χ1n) is 6.58. The average molecular weight is 258 g/mol. The van der Waals surface area contributed by atoms with Crippen LogP contribution in [0.3, 0.4) is 0 Å². The molecule has 0 spiro atoms. The van der Waals surface area contributed by atoms with Gasteiger partial charge in [-0.1, -0.05) is 40.2 Å². The van der Waals surface area contributed by atoms with Crippen molar-refractivity contribution in [3.8, 4) is 0 Å². The Balaban J connectivity index is 4.27. The van der Waals surface area contributed by atoms with Crippen molar-refractivity contribution in [1.82, 2.24) is 0 Å². The summed E-state index contributed by atoms with van der Waals surface area (Å²) in [6, 6.07) is 0. The second-order valence-electron chi connectivity index (χ2n) is 6.42. The Labute approximate surface area is 108 Å². The first-order chi connectivity index (χ1) is 7.58. The van der Waals surface area contributed by atoms with Crippen LogP contribution in [0.5, 0.6) is 0 Å². The van der Waals surface area contributed by atoms with E-state index >= 15 is 0 Å². The molecule has 0 aromatic heterocycles. The molecule has 1 unspecified atom stereocenters. The zero-order valence-electron chi connectivity index (χ0n) is 12.5. The first-order valence-corrected chi connectivity index (χ1v) is 9.49. The molecule has 0 aliphatic rings. The highest BCUT2D eigenvalue weighted by atomic mass is 28.4. The Bertz CT molecular complexity index is 243. The third kappa shape index (κ3) is 5.36. The summed E-state index contributed by atoms with van der Waals surface area (Å²) in [5.74, 6) is 0. The fraction of sp³-hybridized carbons (Fsp3) is 0.857. The van der Waals surface area contributed by atoms with Gasteiger partial charge in [0.25, 0.3) is 0 Å². The zero-order chi connectivity index (χ0) is 13.7. The van der Waals surface area contributed by atoms with Gasteiger partial charge in [0.05, 0.1) is 5.60 Å². The second-order valence-corrected chi connectivity index (χ2v) is 11.2. The van der Waals surface area contributed by atoms with Crippen molar-refractivity contribution in [2.45, 2.75) is 70.7 Å². The quantitative estimate of drug-likeness (QED) is 0.550. The standard InChI is InChI=1S/C14H30O2Si/c1-8-10-14(15,9-2)11-12-16-17(6,7)13(3,4)5/h9,15H,2,8,10-12H2,1,3-7H3. The van der Waals surface area contributed by atoms with Gasteiger partial charge in [-0.05, 0) is 24.6 Å². The van der Waals surface area contributed by atoms with Gasteiger partial charge in [-0.25, -0.2) is 0 Å². The molecule has 0 rings (SSSR count). The summed E-state index contributed by atoms with van der Waals surface area (Å²) in [5.41, 5.74) is -0.753. The predicted molar refractivity (Wildman–Crippen MR) is 77.8 cm³/mol. The minimum atomic E-state index is -1.69. The number of rotatable bonds is 7. The fourth-order valence-electron chi connectivity index (χ4n) is 1.46. The van der Waals surface area contributed by atoms with Gasteiger partial charge in [0.2, 0.25) is 0 Å². The van der Waals surface area contributed by atoms with Crippen LogP contribution in [0.2, 0.25) is 18.1 Å². The van der Waals surface area contributed by atoms with E-state index in [2.05, 4.69) is 47.4 Å². The van der Waals surface area contributed by atoms with Crippen LogP contribution in [0.4, 0.5) is 0 Å². The van der Waals surface area contributed by atoms with Gasteiger partial charge >= 0.3 is 0 Å². The molecule has 0 aliphatic carbocycles. The van der Waals surface area contributed by atoms with Crippen LogP contribution >= 0.6 is 0 Å². The third-order valence-electron chi connectivity index (χ3n) is 3.87. The van der Waals surface area contributed by atoms with E-state index in [1.807, 2.05) is 0 Å². The highest BCUT2D eigenvalue weighted by molar-refractivity contribution is 6.74. The summed E-state index contributed by atoms with van der Waals surface area (Å²) >= 11 is 0. The van der Waals surface area contributed by atoms with Gasteiger partial charge in [0.1, 0.15) is 0 Å². The molecule has 17 heavy (non-hydrogen) atoms. The summed E-state index contributed by atoms with van der Waals surface area (Å²) in [6.45, 7) is 17.6. The molecule has 0 aliphatic heterocycles. The Morgan fingerprint density at radius 3 is 2.12 bits per heavy atom. The monoisotopic (exact) mass is 258 g/mol. The predicted octanol–water partition coefficient (Wildman–Crippen LogP) is 4.12. The van der Waals surface area contributed by atoms with Gasteiger partial charge in [-0.2, -0.15) is 0 Å². The van der Waals surface area contributed by atoms with Crippen molar-refractivity contribution in [1.29, 1.82) is 0 Å². The van der Waals surface area contributed by atoms with Crippen molar-refractivity contribution >= 4 is 8.32 Å². The maximum absolute atomic E-state index is 10.2. The molecule has 2 nitrogen and oxygen atoms in total. The van der Waals surface area contributed by atoms with Crippen LogP contribution in [-0.2, 0) is 4.43 Å².